The molecule has 0 saturated heterocycles. The molecular weight excluding hydrogens is 455 g/mol. The first-order valence-corrected chi connectivity index (χ1v) is 11.2. The predicted molar refractivity (Wildman–Crippen MR) is 127 cm³/mol. The van der Waals surface area contributed by atoms with E-state index in [2.05, 4.69) is 20.2 Å². The van der Waals surface area contributed by atoms with Crippen LogP contribution in [-0.4, -0.2) is 41.9 Å². The highest BCUT2D eigenvalue weighted by Crippen LogP contribution is 2.32. The van der Waals surface area contributed by atoms with Gasteiger partial charge in [0, 0.05) is 33.8 Å². The van der Waals surface area contributed by atoms with Crippen molar-refractivity contribution in [1.82, 2.24) is 20.2 Å². The van der Waals surface area contributed by atoms with Crippen LogP contribution in [0.4, 0.5) is 4.39 Å². The Bertz CT molecular complexity index is 1500. The van der Waals surface area contributed by atoms with Crippen molar-refractivity contribution in [3.63, 3.8) is 0 Å². The van der Waals surface area contributed by atoms with E-state index in [1.54, 1.807) is 60.8 Å². The second-order valence-corrected chi connectivity index (χ2v) is 8.43. The molecule has 7 nitrogen and oxygen atoms in total. The highest BCUT2D eigenvalue weighted by molar-refractivity contribution is 7.99. The summed E-state index contributed by atoms with van der Waals surface area (Å²) in [4.78, 5) is 20.4. The third-order valence-electron chi connectivity index (χ3n) is 5.23. The molecule has 168 valence electrons. The number of hydrogen-bond acceptors (Lipinski definition) is 7. The lowest BCUT2D eigenvalue weighted by Gasteiger charge is -2.10. The summed E-state index contributed by atoms with van der Waals surface area (Å²) in [5, 5.41) is 28.6. The summed E-state index contributed by atoms with van der Waals surface area (Å²) in [7, 11) is 0. The average Bonchev–Trinajstić information content (AvgIpc) is 3.27. The van der Waals surface area contributed by atoms with Gasteiger partial charge in [0.05, 0.1) is 5.75 Å². The van der Waals surface area contributed by atoms with Gasteiger partial charge >= 0.3 is 0 Å². The number of rotatable bonds is 6. The Morgan fingerprint density at radius 2 is 1.53 bits per heavy atom. The summed E-state index contributed by atoms with van der Waals surface area (Å²) in [5.74, 6) is -0.325. The van der Waals surface area contributed by atoms with E-state index >= 15 is 0 Å². The van der Waals surface area contributed by atoms with E-state index in [9.17, 15) is 19.4 Å². The van der Waals surface area contributed by atoms with Crippen LogP contribution in [0.2, 0.25) is 0 Å². The lowest BCUT2D eigenvalue weighted by molar-refractivity contribution is 0.102. The summed E-state index contributed by atoms with van der Waals surface area (Å²) in [6.45, 7) is 0. The summed E-state index contributed by atoms with van der Waals surface area (Å²) in [6.07, 6.45) is 1.57. The molecule has 34 heavy (non-hydrogen) atoms. The van der Waals surface area contributed by atoms with Gasteiger partial charge in [-0.2, -0.15) is 0 Å². The molecule has 0 bridgehead atoms. The second kappa shape index (κ2) is 8.95. The SMILES string of the molecule is O=C(CSc1nnc(-c2ccc(O)cc2)c(-c2ccc(O)cc2)n1)c1c[nH]c2ccc(F)cc12. The van der Waals surface area contributed by atoms with Crippen molar-refractivity contribution >= 4 is 28.4 Å². The Balaban J connectivity index is 1.45. The van der Waals surface area contributed by atoms with Gasteiger partial charge in [0.25, 0.3) is 0 Å². The fourth-order valence-electron chi connectivity index (χ4n) is 3.54. The molecule has 0 aliphatic rings. The second-order valence-electron chi connectivity index (χ2n) is 7.49. The Hall–Kier alpha value is -4.24. The summed E-state index contributed by atoms with van der Waals surface area (Å²) >= 11 is 1.13. The molecule has 0 aliphatic heterocycles. The van der Waals surface area contributed by atoms with E-state index in [1.807, 2.05) is 0 Å². The lowest BCUT2D eigenvalue weighted by Crippen LogP contribution is -2.04. The van der Waals surface area contributed by atoms with Crippen molar-refractivity contribution in [3.8, 4) is 34.0 Å². The first-order valence-electron chi connectivity index (χ1n) is 10.2. The molecule has 0 fully saturated rings. The zero-order valence-corrected chi connectivity index (χ0v) is 18.4. The Labute approximate surface area is 197 Å². The van der Waals surface area contributed by atoms with E-state index in [4.69, 9.17) is 0 Å². The van der Waals surface area contributed by atoms with Crippen LogP contribution < -0.4 is 0 Å². The van der Waals surface area contributed by atoms with Gasteiger partial charge in [-0.3, -0.25) is 4.79 Å². The minimum absolute atomic E-state index is 0.0404. The number of halogens is 1. The number of aromatic amines is 1. The maximum Gasteiger partial charge on any atom is 0.210 e. The third-order valence-corrected chi connectivity index (χ3v) is 6.06. The fourth-order valence-corrected chi connectivity index (χ4v) is 4.21. The summed E-state index contributed by atoms with van der Waals surface area (Å²) in [6, 6.07) is 17.3. The van der Waals surface area contributed by atoms with Crippen LogP contribution in [0.3, 0.4) is 0 Å². The minimum Gasteiger partial charge on any atom is -0.508 e. The first kappa shape index (κ1) is 21.6. The standard InChI is InChI=1S/C25H17FN4O3S/c26-16-5-10-21-19(11-16)20(12-27-21)22(33)13-34-25-28-23(14-1-6-17(31)7-2-14)24(29-30-25)15-3-8-18(32)9-4-15/h1-12,27,31-32H,13H2. The molecule has 3 aromatic carbocycles. The van der Waals surface area contributed by atoms with Gasteiger partial charge in [0.2, 0.25) is 5.16 Å². The van der Waals surface area contributed by atoms with Gasteiger partial charge in [-0.25, -0.2) is 9.37 Å². The number of ketones is 1. The number of carbonyl (C=O) groups excluding carboxylic acids is 1. The van der Waals surface area contributed by atoms with Crippen LogP contribution in [0, 0.1) is 5.82 Å². The minimum atomic E-state index is -0.412. The van der Waals surface area contributed by atoms with E-state index < -0.39 is 5.82 Å². The maximum absolute atomic E-state index is 13.7. The van der Waals surface area contributed by atoms with Crippen LogP contribution in [0.1, 0.15) is 10.4 Å². The molecule has 9 heteroatoms. The number of phenolic OH excluding ortho intramolecular Hbond substituents is 2. The molecule has 0 atom stereocenters. The number of thioether (sulfide) groups is 1. The van der Waals surface area contributed by atoms with E-state index in [0.29, 0.717) is 44.1 Å². The van der Waals surface area contributed by atoms with Gasteiger partial charge in [0.1, 0.15) is 28.7 Å². The van der Waals surface area contributed by atoms with Gasteiger partial charge < -0.3 is 15.2 Å². The number of Topliss-reactive ketones (excluding diaryl/α,β-unsaturated/α-hetero) is 1. The van der Waals surface area contributed by atoms with Crippen molar-refractivity contribution in [2.24, 2.45) is 0 Å². The molecule has 0 spiro atoms. The predicted octanol–water partition coefficient (Wildman–Crippen LogP) is 5.21. The first-order chi connectivity index (χ1) is 16.5. The molecule has 0 saturated carbocycles. The zero-order chi connectivity index (χ0) is 23.7. The molecule has 0 aliphatic carbocycles. The lowest BCUT2D eigenvalue weighted by atomic mass is 10.0. The normalized spacial score (nSPS) is 11.1. The van der Waals surface area contributed by atoms with E-state index in [-0.39, 0.29) is 23.0 Å². The molecule has 0 unspecified atom stereocenters. The molecule has 2 heterocycles. The van der Waals surface area contributed by atoms with Gasteiger partial charge in [0.15, 0.2) is 5.78 Å². The quantitative estimate of drug-likeness (QED) is 0.230. The fraction of sp³-hybridized carbons (Fsp3) is 0.0400. The highest BCUT2D eigenvalue weighted by Gasteiger charge is 2.17. The van der Waals surface area contributed by atoms with Gasteiger partial charge in [-0.1, -0.05) is 11.8 Å². The monoisotopic (exact) mass is 472 g/mol. The van der Waals surface area contributed by atoms with Crippen LogP contribution in [0.15, 0.2) is 78.1 Å². The Morgan fingerprint density at radius 1 is 0.882 bits per heavy atom. The van der Waals surface area contributed by atoms with Gasteiger partial charge in [-0.05, 0) is 66.7 Å². The van der Waals surface area contributed by atoms with Gasteiger partial charge in [-0.15, -0.1) is 10.2 Å². The molecule has 5 aromatic rings. The van der Waals surface area contributed by atoms with Crippen molar-refractivity contribution in [2.45, 2.75) is 5.16 Å². The number of aromatic nitrogens is 4. The number of benzene rings is 3. The number of hydrogen-bond donors (Lipinski definition) is 3. The molecule has 3 N–H and O–H groups in total. The van der Waals surface area contributed by atoms with Crippen molar-refractivity contribution in [2.75, 3.05) is 5.75 Å². The highest BCUT2D eigenvalue weighted by atomic mass is 32.2. The Morgan fingerprint density at radius 3 is 2.21 bits per heavy atom. The number of aromatic hydroxyl groups is 2. The molecular formula is C25H17FN4O3S. The van der Waals surface area contributed by atoms with E-state index in [0.717, 1.165) is 11.8 Å². The van der Waals surface area contributed by atoms with Crippen molar-refractivity contribution in [1.29, 1.82) is 0 Å². The smallest absolute Gasteiger partial charge is 0.210 e. The number of H-pyrrole nitrogens is 1. The number of fused-ring (bicyclic) bond motifs is 1. The summed E-state index contributed by atoms with van der Waals surface area (Å²) in [5.41, 5.74) is 3.50. The molecule has 2 aromatic heterocycles. The third kappa shape index (κ3) is 4.33. The maximum atomic E-state index is 13.7. The number of carbonyl (C=O) groups is 1. The van der Waals surface area contributed by atoms with Crippen LogP contribution >= 0.6 is 11.8 Å². The molecule has 0 amide bonds. The van der Waals surface area contributed by atoms with E-state index in [1.165, 1.54) is 12.1 Å². The molecule has 0 radical (unpaired) electrons. The summed E-state index contributed by atoms with van der Waals surface area (Å²) < 4.78 is 13.7. The van der Waals surface area contributed by atoms with Crippen LogP contribution in [0.25, 0.3) is 33.4 Å². The Kier molecular flexibility index (Phi) is 5.69. The largest absolute Gasteiger partial charge is 0.508 e. The van der Waals surface area contributed by atoms with Crippen molar-refractivity contribution < 1.29 is 19.4 Å². The van der Waals surface area contributed by atoms with Crippen LogP contribution in [-0.2, 0) is 0 Å². The van der Waals surface area contributed by atoms with Crippen LogP contribution in [0.5, 0.6) is 11.5 Å². The zero-order valence-electron chi connectivity index (χ0n) is 17.6. The molecule has 5 rings (SSSR count). The number of phenols is 2. The number of nitrogens with zero attached hydrogens (tertiary/aromatic N) is 3. The average molecular weight is 473 g/mol. The van der Waals surface area contributed by atoms with Crippen molar-refractivity contribution in [3.05, 3.63) is 84.3 Å². The number of nitrogens with one attached hydrogen (secondary N) is 1. The topological polar surface area (TPSA) is 112 Å².